The number of halogens is 2. The Morgan fingerprint density at radius 1 is 1.17 bits per heavy atom. The van der Waals surface area contributed by atoms with Crippen LogP contribution in [0.4, 0.5) is 4.39 Å². The van der Waals surface area contributed by atoms with Crippen LogP contribution in [0.1, 0.15) is 30.5 Å². The first-order valence-corrected chi connectivity index (χ1v) is 8.89. The number of hydrogen-bond acceptors (Lipinski definition) is 3. The molecule has 2 aromatic rings. The zero-order valence-electron chi connectivity index (χ0n) is 13.7. The fourth-order valence-electron chi connectivity index (χ4n) is 3.25. The van der Waals surface area contributed by atoms with Crippen LogP contribution in [-0.2, 0) is 13.1 Å². The van der Waals surface area contributed by atoms with Gasteiger partial charge in [0.05, 0.1) is 5.69 Å². The minimum absolute atomic E-state index is 0.236. The Balaban J connectivity index is 1.80. The SMILES string of the molecule is Fc1cc(Cl)ccc1CN(Cc1ccccn1)C1CCCNCC1. The van der Waals surface area contributed by atoms with Gasteiger partial charge in [0.1, 0.15) is 5.82 Å². The minimum atomic E-state index is -0.236. The van der Waals surface area contributed by atoms with E-state index in [1.807, 2.05) is 24.4 Å². The third-order valence-electron chi connectivity index (χ3n) is 4.54. The van der Waals surface area contributed by atoms with Crippen molar-refractivity contribution in [3.05, 3.63) is 64.7 Å². The molecule has 2 heterocycles. The average Bonchev–Trinajstić information content (AvgIpc) is 2.87. The van der Waals surface area contributed by atoms with Crippen LogP contribution in [0.2, 0.25) is 5.02 Å². The normalized spacial score (nSPS) is 18.5. The van der Waals surface area contributed by atoms with Crippen molar-refractivity contribution >= 4 is 11.6 Å². The molecule has 0 saturated carbocycles. The molecule has 0 aliphatic carbocycles. The van der Waals surface area contributed by atoms with Crippen molar-refractivity contribution in [2.24, 2.45) is 0 Å². The molecular weight excluding hydrogens is 325 g/mol. The molecule has 24 heavy (non-hydrogen) atoms. The Kier molecular flexibility index (Phi) is 6.18. The van der Waals surface area contributed by atoms with E-state index < -0.39 is 0 Å². The van der Waals surface area contributed by atoms with Crippen LogP contribution in [-0.4, -0.2) is 29.0 Å². The molecule has 1 aliphatic heterocycles. The van der Waals surface area contributed by atoms with Crippen LogP contribution in [0.5, 0.6) is 0 Å². The summed E-state index contributed by atoms with van der Waals surface area (Å²) < 4.78 is 14.3. The maximum atomic E-state index is 14.3. The van der Waals surface area contributed by atoms with Gasteiger partial charge in [-0.2, -0.15) is 0 Å². The molecule has 1 N–H and O–H groups in total. The van der Waals surface area contributed by atoms with Crippen molar-refractivity contribution in [3.8, 4) is 0 Å². The second-order valence-corrected chi connectivity index (χ2v) is 6.73. The zero-order valence-corrected chi connectivity index (χ0v) is 14.5. The van der Waals surface area contributed by atoms with E-state index in [0.717, 1.165) is 44.6 Å². The summed E-state index contributed by atoms with van der Waals surface area (Å²) in [7, 11) is 0. The van der Waals surface area contributed by atoms with Crippen LogP contribution < -0.4 is 5.32 Å². The first-order chi connectivity index (χ1) is 11.7. The number of nitrogens with zero attached hydrogens (tertiary/aromatic N) is 2. The molecule has 5 heteroatoms. The Hall–Kier alpha value is -1.49. The van der Waals surface area contributed by atoms with Crippen molar-refractivity contribution in [1.29, 1.82) is 0 Å². The predicted molar refractivity (Wildman–Crippen MR) is 95.4 cm³/mol. The van der Waals surface area contributed by atoms with Crippen molar-refractivity contribution in [2.75, 3.05) is 13.1 Å². The number of hydrogen-bond donors (Lipinski definition) is 1. The van der Waals surface area contributed by atoms with E-state index in [9.17, 15) is 4.39 Å². The van der Waals surface area contributed by atoms with Crippen molar-refractivity contribution in [3.63, 3.8) is 0 Å². The lowest BCUT2D eigenvalue weighted by molar-refractivity contribution is 0.160. The second-order valence-electron chi connectivity index (χ2n) is 6.30. The summed E-state index contributed by atoms with van der Waals surface area (Å²) in [5.41, 5.74) is 1.71. The quantitative estimate of drug-likeness (QED) is 0.885. The zero-order chi connectivity index (χ0) is 16.8. The highest BCUT2D eigenvalue weighted by Crippen LogP contribution is 2.22. The Bertz CT molecular complexity index is 642. The third kappa shape index (κ3) is 4.76. The van der Waals surface area contributed by atoms with E-state index in [2.05, 4.69) is 15.2 Å². The molecule has 0 spiro atoms. The smallest absolute Gasteiger partial charge is 0.129 e. The molecule has 128 valence electrons. The summed E-state index contributed by atoms with van der Waals surface area (Å²) in [4.78, 5) is 6.79. The summed E-state index contributed by atoms with van der Waals surface area (Å²) >= 11 is 5.88. The molecular formula is C19H23ClFN3. The molecule has 1 aromatic carbocycles. The van der Waals surface area contributed by atoms with E-state index in [1.165, 1.54) is 6.07 Å². The van der Waals surface area contributed by atoms with Gasteiger partial charge in [0.2, 0.25) is 0 Å². The Morgan fingerprint density at radius 2 is 2.08 bits per heavy atom. The molecule has 3 rings (SSSR count). The standard InChI is InChI=1S/C19H23ClFN3/c20-16-7-6-15(19(21)12-16)13-24(14-17-4-1-2-10-23-17)18-5-3-9-22-11-8-18/h1-2,4,6-7,10,12,18,22H,3,5,8-9,11,13-14H2. The van der Waals surface area contributed by atoms with Crippen LogP contribution >= 0.6 is 11.6 Å². The van der Waals surface area contributed by atoms with Crippen LogP contribution in [0, 0.1) is 5.82 Å². The Morgan fingerprint density at radius 3 is 2.88 bits per heavy atom. The second kappa shape index (κ2) is 8.56. The van der Waals surface area contributed by atoms with E-state index in [0.29, 0.717) is 23.2 Å². The van der Waals surface area contributed by atoms with Crippen LogP contribution in [0.15, 0.2) is 42.6 Å². The van der Waals surface area contributed by atoms with Gasteiger partial charge in [0.25, 0.3) is 0 Å². The molecule has 0 amide bonds. The van der Waals surface area contributed by atoms with E-state index in [-0.39, 0.29) is 5.82 Å². The average molecular weight is 348 g/mol. The fraction of sp³-hybridized carbons (Fsp3) is 0.421. The maximum absolute atomic E-state index is 14.3. The highest BCUT2D eigenvalue weighted by molar-refractivity contribution is 6.30. The first kappa shape index (κ1) is 17.3. The van der Waals surface area contributed by atoms with Gasteiger partial charge in [-0.1, -0.05) is 23.7 Å². The van der Waals surface area contributed by atoms with Crippen LogP contribution in [0.3, 0.4) is 0 Å². The van der Waals surface area contributed by atoms with Gasteiger partial charge in [0.15, 0.2) is 0 Å². The number of rotatable bonds is 5. The maximum Gasteiger partial charge on any atom is 0.129 e. The van der Waals surface area contributed by atoms with Gasteiger partial charge in [-0.25, -0.2) is 4.39 Å². The molecule has 1 aromatic heterocycles. The Labute approximate surface area is 147 Å². The molecule has 1 atom stereocenters. The monoisotopic (exact) mass is 347 g/mol. The van der Waals surface area contributed by atoms with E-state index in [1.54, 1.807) is 12.1 Å². The minimum Gasteiger partial charge on any atom is -0.317 e. The number of benzene rings is 1. The lowest BCUT2D eigenvalue weighted by Gasteiger charge is -2.31. The molecule has 0 radical (unpaired) electrons. The van der Waals surface area contributed by atoms with Crippen molar-refractivity contribution in [2.45, 2.75) is 38.4 Å². The molecule has 1 aliphatic rings. The highest BCUT2D eigenvalue weighted by atomic mass is 35.5. The number of aromatic nitrogens is 1. The largest absolute Gasteiger partial charge is 0.317 e. The van der Waals surface area contributed by atoms with E-state index >= 15 is 0 Å². The van der Waals surface area contributed by atoms with Crippen molar-refractivity contribution in [1.82, 2.24) is 15.2 Å². The molecule has 1 saturated heterocycles. The van der Waals surface area contributed by atoms with E-state index in [4.69, 9.17) is 11.6 Å². The van der Waals surface area contributed by atoms with Gasteiger partial charge in [0, 0.05) is 35.9 Å². The highest BCUT2D eigenvalue weighted by Gasteiger charge is 2.22. The summed E-state index contributed by atoms with van der Waals surface area (Å²) in [5, 5.41) is 3.88. The predicted octanol–water partition coefficient (Wildman–Crippen LogP) is 4.02. The van der Waals surface area contributed by atoms with Gasteiger partial charge >= 0.3 is 0 Å². The fourth-order valence-corrected chi connectivity index (χ4v) is 3.41. The summed E-state index contributed by atoms with van der Waals surface area (Å²) in [6.07, 6.45) is 5.15. The lowest BCUT2D eigenvalue weighted by atomic mass is 10.1. The van der Waals surface area contributed by atoms with Gasteiger partial charge in [-0.3, -0.25) is 9.88 Å². The number of nitrogens with one attached hydrogen (secondary N) is 1. The summed E-state index contributed by atoms with van der Waals surface area (Å²) in [5.74, 6) is -0.236. The summed E-state index contributed by atoms with van der Waals surface area (Å²) in [6, 6.07) is 11.3. The molecule has 1 unspecified atom stereocenters. The van der Waals surface area contributed by atoms with Crippen molar-refractivity contribution < 1.29 is 4.39 Å². The number of pyridine rings is 1. The summed E-state index contributed by atoms with van der Waals surface area (Å²) in [6.45, 7) is 3.37. The first-order valence-electron chi connectivity index (χ1n) is 8.51. The van der Waals surface area contributed by atoms with Gasteiger partial charge in [-0.05, 0) is 56.6 Å². The molecule has 3 nitrogen and oxygen atoms in total. The topological polar surface area (TPSA) is 28.2 Å². The third-order valence-corrected chi connectivity index (χ3v) is 4.78. The lowest BCUT2D eigenvalue weighted by Crippen LogP contribution is -2.35. The van der Waals surface area contributed by atoms with Crippen LogP contribution in [0.25, 0.3) is 0 Å². The van der Waals surface area contributed by atoms with Gasteiger partial charge < -0.3 is 5.32 Å². The molecule has 0 bridgehead atoms. The van der Waals surface area contributed by atoms with Gasteiger partial charge in [-0.15, -0.1) is 0 Å². The molecule has 1 fully saturated rings.